The highest BCUT2D eigenvalue weighted by Crippen LogP contribution is 2.14. The molecule has 2 aromatic rings. The van der Waals surface area contributed by atoms with Gasteiger partial charge in [-0.2, -0.15) is 5.26 Å². The highest BCUT2D eigenvalue weighted by atomic mass is 19.1. The van der Waals surface area contributed by atoms with Crippen LogP contribution in [-0.4, -0.2) is 11.5 Å². The molecule has 2 rings (SSSR count). The van der Waals surface area contributed by atoms with Crippen LogP contribution in [0.2, 0.25) is 0 Å². The molecule has 1 aromatic carbocycles. The fraction of sp³-hybridized carbons (Fsp3) is 0.250. The number of hydrogen-bond donors (Lipinski definition) is 1. The molecule has 0 spiro atoms. The van der Waals surface area contributed by atoms with Crippen LogP contribution in [0.1, 0.15) is 23.7 Å². The molecule has 0 saturated carbocycles. The first-order valence-electron chi connectivity index (χ1n) is 6.69. The van der Waals surface area contributed by atoms with Crippen molar-refractivity contribution in [1.29, 1.82) is 5.26 Å². The molecule has 1 N–H and O–H groups in total. The fourth-order valence-corrected chi connectivity index (χ4v) is 1.82. The summed E-state index contributed by atoms with van der Waals surface area (Å²) in [5, 5.41) is 12.0. The molecule has 1 heterocycles. The summed E-state index contributed by atoms with van der Waals surface area (Å²) in [4.78, 5) is 4.27. The Morgan fingerprint density at radius 2 is 2.19 bits per heavy atom. The summed E-state index contributed by atoms with van der Waals surface area (Å²) in [6, 6.07) is 9.78. The number of benzene rings is 1. The summed E-state index contributed by atoms with van der Waals surface area (Å²) in [6.07, 6.45) is 1.64. The van der Waals surface area contributed by atoms with Crippen molar-refractivity contribution in [3.63, 3.8) is 0 Å². The molecular formula is C16H16FN3O. The quantitative estimate of drug-likeness (QED) is 0.886. The van der Waals surface area contributed by atoms with E-state index in [1.807, 2.05) is 25.1 Å². The van der Waals surface area contributed by atoms with Gasteiger partial charge in [0.25, 0.3) is 0 Å². The van der Waals surface area contributed by atoms with Crippen LogP contribution in [0.15, 0.2) is 36.5 Å². The second-order valence-corrected chi connectivity index (χ2v) is 4.51. The molecule has 0 fully saturated rings. The van der Waals surface area contributed by atoms with Crippen LogP contribution in [0.5, 0.6) is 5.75 Å². The van der Waals surface area contributed by atoms with Gasteiger partial charge >= 0.3 is 0 Å². The average Bonchev–Trinajstić information content (AvgIpc) is 2.51. The van der Waals surface area contributed by atoms with E-state index < -0.39 is 5.82 Å². The van der Waals surface area contributed by atoms with Crippen molar-refractivity contribution >= 4 is 0 Å². The zero-order chi connectivity index (χ0) is 15.1. The molecule has 0 radical (unpaired) electrons. The Balaban J connectivity index is 1.97. The van der Waals surface area contributed by atoms with Gasteiger partial charge in [0.2, 0.25) is 0 Å². The van der Waals surface area contributed by atoms with Crippen molar-refractivity contribution in [2.75, 3.05) is 6.54 Å². The molecule has 5 heteroatoms. The van der Waals surface area contributed by atoms with Crippen molar-refractivity contribution < 1.29 is 9.13 Å². The lowest BCUT2D eigenvalue weighted by atomic mass is 10.1. The minimum atomic E-state index is -0.438. The van der Waals surface area contributed by atoms with E-state index in [4.69, 9.17) is 10.00 Å². The minimum Gasteiger partial charge on any atom is -0.487 e. The van der Waals surface area contributed by atoms with E-state index in [-0.39, 0.29) is 12.2 Å². The van der Waals surface area contributed by atoms with Gasteiger partial charge in [-0.25, -0.2) is 4.39 Å². The Morgan fingerprint density at radius 3 is 2.86 bits per heavy atom. The maximum atomic E-state index is 13.3. The monoisotopic (exact) mass is 285 g/mol. The van der Waals surface area contributed by atoms with Gasteiger partial charge in [0.1, 0.15) is 18.2 Å². The fourth-order valence-electron chi connectivity index (χ4n) is 1.82. The molecule has 108 valence electrons. The van der Waals surface area contributed by atoms with Crippen molar-refractivity contribution in [1.82, 2.24) is 10.3 Å². The number of hydrogen-bond acceptors (Lipinski definition) is 4. The lowest BCUT2D eigenvalue weighted by molar-refractivity contribution is 0.304. The average molecular weight is 285 g/mol. The first kappa shape index (κ1) is 14.9. The summed E-state index contributed by atoms with van der Waals surface area (Å²) in [6.45, 7) is 3.83. The number of pyridine rings is 1. The van der Waals surface area contributed by atoms with Gasteiger partial charge in [-0.3, -0.25) is 4.98 Å². The van der Waals surface area contributed by atoms with Crippen LogP contribution >= 0.6 is 0 Å². The van der Waals surface area contributed by atoms with Gasteiger partial charge in [0.05, 0.1) is 23.5 Å². The first-order valence-corrected chi connectivity index (χ1v) is 6.69. The predicted octanol–water partition coefficient (Wildman–Crippen LogP) is 2.78. The van der Waals surface area contributed by atoms with Gasteiger partial charge in [-0.05, 0) is 42.4 Å². The molecule has 1 aromatic heterocycles. The Labute approximate surface area is 123 Å². The summed E-state index contributed by atoms with van der Waals surface area (Å²) >= 11 is 0. The van der Waals surface area contributed by atoms with E-state index in [0.717, 1.165) is 12.2 Å². The van der Waals surface area contributed by atoms with Crippen LogP contribution in [0.4, 0.5) is 4.39 Å². The molecule has 0 unspecified atom stereocenters. The topological polar surface area (TPSA) is 57.9 Å². The predicted molar refractivity (Wildman–Crippen MR) is 77.1 cm³/mol. The van der Waals surface area contributed by atoms with E-state index in [9.17, 15) is 4.39 Å². The van der Waals surface area contributed by atoms with Crippen LogP contribution in [0.3, 0.4) is 0 Å². The second kappa shape index (κ2) is 7.36. The molecule has 0 amide bonds. The molecule has 0 aliphatic rings. The molecule has 0 bridgehead atoms. The summed E-state index contributed by atoms with van der Waals surface area (Å²) in [5.74, 6) is 0.171. The number of nitrogens with zero attached hydrogens (tertiary/aromatic N) is 2. The first-order chi connectivity index (χ1) is 10.2. The van der Waals surface area contributed by atoms with Gasteiger partial charge in [0, 0.05) is 6.54 Å². The summed E-state index contributed by atoms with van der Waals surface area (Å²) in [7, 11) is 0. The Hall–Kier alpha value is -2.45. The van der Waals surface area contributed by atoms with Crippen molar-refractivity contribution in [3.8, 4) is 11.8 Å². The molecule has 21 heavy (non-hydrogen) atoms. The van der Waals surface area contributed by atoms with Crippen LogP contribution in [0, 0.1) is 17.1 Å². The maximum Gasteiger partial charge on any atom is 0.138 e. The SMILES string of the molecule is CCNCc1ccc(OCc2cc(F)cc(C#N)c2)cn1. The molecular weight excluding hydrogens is 269 g/mol. The Bertz CT molecular complexity index is 635. The van der Waals surface area contributed by atoms with Crippen molar-refractivity contribution in [2.24, 2.45) is 0 Å². The van der Waals surface area contributed by atoms with E-state index in [1.165, 1.54) is 12.1 Å². The van der Waals surface area contributed by atoms with Crippen LogP contribution in [-0.2, 0) is 13.2 Å². The normalized spacial score (nSPS) is 10.1. The molecule has 0 saturated heterocycles. The number of aromatic nitrogens is 1. The van der Waals surface area contributed by atoms with E-state index in [0.29, 0.717) is 17.9 Å². The van der Waals surface area contributed by atoms with Crippen LogP contribution < -0.4 is 10.1 Å². The van der Waals surface area contributed by atoms with Crippen molar-refractivity contribution in [3.05, 3.63) is 59.2 Å². The largest absolute Gasteiger partial charge is 0.487 e. The Morgan fingerprint density at radius 1 is 1.33 bits per heavy atom. The highest BCUT2D eigenvalue weighted by Gasteiger charge is 2.02. The summed E-state index contributed by atoms with van der Waals surface area (Å²) < 4.78 is 18.8. The maximum absolute atomic E-state index is 13.3. The molecule has 0 atom stereocenters. The summed E-state index contributed by atoms with van der Waals surface area (Å²) in [5.41, 5.74) is 1.83. The van der Waals surface area contributed by atoms with Crippen LogP contribution in [0.25, 0.3) is 0 Å². The zero-order valence-electron chi connectivity index (χ0n) is 11.8. The van der Waals surface area contributed by atoms with E-state index >= 15 is 0 Å². The molecule has 4 nitrogen and oxygen atoms in total. The highest BCUT2D eigenvalue weighted by molar-refractivity contribution is 5.33. The Kier molecular flexibility index (Phi) is 5.24. The lowest BCUT2D eigenvalue weighted by Gasteiger charge is -2.07. The lowest BCUT2D eigenvalue weighted by Crippen LogP contribution is -2.12. The molecule has 0 aliphatic heterocycles. The van der Waals surface area contributed by atoms with Crippen molar-refractivity contribution in [2.45, 2.75) is 20.1 Å². The third-order valence-electron chi connectivity index (χ3n) is 2.85. The number of rotatable bonds is 6. The smallest absolute Gasteiger partial charge is 0.138 e. The number of halogens is 1. The standard InChI is InChI=1S/C16H16FN3O/c1-2-19-9-15-3-4-16(10-20-15)21-11-13-5-12(8-18)6-14(17)7-13/h3-7,10,19H,2,9,11H2,1H3. The number of nitrogens with one attached hydrogen (secondary N) is 1. The second-order valence-electron chi connectivity index (χ2n) is 4.51. The third kappa shape index (κ3) is 4.55. The molecule has 0 aliphatic carbocycles. The third-order valence-corrected chi connectivity index (χ3v) is 2.85. The minimum absolute atomic E-state index is 0.195. The zero-order valence-corrected chi connectivity index (χ0v) is 11.8. The van der Waals surface area contributed by atoms with Gasteiger partial charge in [-0.15, -0.1) is 0 Å². The van der Waals surface area contributed by atoms with Gasteiger partial charge in [0.15, 0.2) is 0 Å². The number of nitriles is 1. The van der Waals surface area contributed by atoms with E-state index in [2.05, 4.69) is 10.3 Å². The van der Waals surface area contributed by atoms with Gasteiger partial charge in [-0.1, -0.05) is 6.92 Å². The van der Waals surface area contributed by atoms with Gasteiger partial charge < -0.3 is 10.1 Å². The number of ether oxygens (including phenoxy) is 1. The van der Waals surface area contributed by atoms with E-state index in [1.54, 1.807) is 12.3 Å².